The summed E-state index contributed by atoms with van der Waals surface area (Å²) < 4.78 is 16.7. The molecule has 2 aliphatic rings. The van der Waals surface area contributed by atoms with Crippen molar-refractivity contribution in [1.29, 1.82) is 0 Å². The van der Waals surface area contributed by atoms with Crippen LogP contribution in [0.15, 0.2) is 0 Å². The van der Waals surface area contributed by atoms with E-state index in [2.05, 4.69) is 13.8 Å². The number of unbranched alkanes of at least 4 members (excludes halogenated alkanes) is 3. The maximum atomic E-state index is 5.87. The number of rotatable bonds is 10. The van der Waals surface area contributed by atoms with Gasteiger partial charge in [0, 0.05) is 0 Å². The summed E-state index contributed by atoms with van der Waals surface area (Å²) in [6.07, 6.45) is 8.30. The first-order valence-corrected chi connectivity index (χ1v) is 7.18. The monoisotopic (exact) mass is 242 g/mol. The van der Waals surface area contributed by atoms with Gasteiger partial charge in [-0.25, -0.2) is 0 Å². The van der Waals surface area contributed by atoms with Crippen molar-refractivity contribution in [3.8, 4) is 0 Å². The standard InChI is InChI=1S/C14H26O3/c1-3-5-6-7-8-14(13(4-2)17-14)11-15-9-12-10-16-12/h12-13H,3-11H2,1-2H3. The Kier molecular flexibility index (Phi) is 4.83. The third-order valence-electron chi connectivity index (χ3n) is 3.78. The van der Waals surface area contributed by atoms with Gasteiger partial charge in [-0.1, -0.05) is 39.5 Å². The molecule has 0 aromatic heterocycles. The minimum Gasteiger partial charge on any atom is -0.376 e. The summed E-state index contributed by atoms with van der Waals surface area (Å²) in [5, 5.41) is 0. The van der Waals surface area contributed by atoms with E-state index in [1.807, 2.05) is 0 Å². The minimum absolute atomic E-state index is 0.0530. The van der Waals surface area contributed by atoms with Crippen molar-refractivity contribution in [3.05, 3.63) is 0 Å². The van der Waals surface area contributed by atoms with Gasteiger partial charge in [-0.05, 0) is 12.8 Å². The second-order valence-corrected chi connectivity index (χ2v) is 5.36. The molecule has 0 amide bonds. The molecule has 0 aliphatic carbocycles. The Labute approximate surface area is 105 Å². The topological polar surface area (TPSA) is 34.3 Å². The summed E-state index contributed by atoms with van der Waals surface area (Å²) in [6, 6.07) is 0. The van der Waals surface area contributed by atoms with Gasteiger partial charge in [0.2, 0.25) is 0 Å². The van der Waals surface area contributed by atoms with Crippen LogP contribution >= 0.6 is 0 Å². The Morgan fingerprint density at radius 3 is 2.65 bits per heavy atom. The SMILES string of the molecule is CCCCCCC1(COCC2CO2)OC1CC. The predicted octanol–water partition coefficient (Wildman–Crippen LogP) is 2.92. The summed E-state index contributed by atoms with van der Waals surface area (Å²) in [5.41, 5.74) is 0.0530. The molecule has 0 spiro atoms. The van der Waals surface area contributed by atoms with Crippen LogP contribution in [0.25, 0.3) is 0 Å². The van der Waals surface area contributed by atoms with Crippen molar-refractivity contribution in [3.63, 3.8) is 0 Å². The first kappa shape index (κ1) is 13.3. The molecule has 0 bridgehead atoms. The minimum atomic E-state index is 0.0530. The molecule has 0 N–H and O–H groups in total. The van der Waals surface area contributed by atoms with Gasteiger partial charge < -0.3 is 14.2 Å². The van der Waals surface area contributed by atoms with Crippen LogP contribution in [-0.4, -0.2) is 37.6 Å². The largest absolute Gasteiger partial charge is 0.376 e. The van der Waals surface area contributed by atoms with Crippen LogP contribution in [-0.2, 0) is 14.2 Å². The van der Waals surface area contributed by atoms with E-state index < -0.39 is 0 Å². The molecule has 2 heterocycles. The third kappa shape index (κ3) is 3.94. The molecule has 0 radical (unpaired) electrons. The lowest BCUT2D eigenvalue weighted by atomic mass is 9.96. The fourth-order valence-corrected chi connectivity index (χ4v) is 2.50. The fraction of sp³-hybridized carbons (Fsp3) is 1.00. The summed E-state index contributed by atoms with van der Waals surface area (Å²) in [5.74, 6) is 0. The molecule has 3 atom stereocenters. The van der Waals surface area contributed by atoms with Crippen LogP contribution in [0.2, 0.25) is 0 Å². The van der Waals surface area contributed by atoms with E-state index in [4.69, 9.17) is 14.2 Å². The normalized spacial score (nSPS) is 34.9. The molecule has 2 fully saturated rings. The number of hydrogen-bond donors (Lipinski definition) is 0. The molecule has 100 valence electrons. The average Bonchev–Trinajstić information content (AvgIpc) is 3.22. The van der Waals surface area contributed by atoms with Crippen molar-refractivity contribution < 1.29 is 14.2 Å². The van der Waals surface area contributed by atoms with Gasteiger partial charge in [0.05, 0.1) is 25.9 Å². The van der Waals surface area contributed by atoms with Crippen molar-refractivity contribution in [2.75, 3.05) is 19.8 Å². The van der Waals surface area contributed by atoms with Crippen LogP contribution in [0.5, 0.6) is 0 Å². The molecule has 2 saturated heterocycles. The Balaban J connectivity index is 1.63. The summed E-state index contributed by atoms with van der Waals surface area (Å²) in [6.45, 7) is 6.83. The Hall–Kier alpha value is -0.120. The van der Waals surface area contributed by atoms with Crippen molar-refractivity contribution in [2.45, 2.75) is 70.2 Å². The maximum absolute atomic E-state index is 5.87. The molecular weight excluding hydrogens is 216 g/mol. The third-order valence-corrected chi connectivity index (χ3v) is 3.78. The van der Waals surface area contributed by atoms with E-state index in [-0.39, 0.29) is 5.60 Å². The van der Waals surface area contributed by atoms with E-state index in [0.29, 0.717) is 12.2 Å². The van der Waals surface area contributed by atoms with E-state index in [1.165, 1.54) is 25.7 Å². The lowest BCUT2D eigenvalue weighted by molar-refractivity contribution is 0.0638. The first-order chi connectivity index (χ1) is 8.30. The zero-order chi connectivity index (χ0) is 12.1. The van der Waals surface area contributed by atoms with Crippen LogP contribution in [0.3, 0.4) is 0 Å². The smallest absolute Gasteiger partial charge is 0.118 e. The Bertz CT molecular complexity index is 228. The van der Waals surface area contributed by atoms with Crippen molar-refractivity contribution >= 4 is 0 Å². The zero-order valence-corrected chi connectivity index (χ0v) is 11.2. The second-order valence-electron chi connectivity index (χ2n) is 5.36. The van der Waals surface area contributed by atoms with Gasteiger partial charge in [-0.3, -0.25) is 0 Å². The molecule has 0 aromatic rings. The van der Waals surface area contributed by atoms with Gasteiger partial charge in [-0.15, -0.1) is 0 Å². The number of ether oxygens (including phenoxy) is 3. The average molecular weight is 242 g/mol. The first-order valence-electron chi connectivity index (χ1n) is 7.18. The van der Waals surface area contributed by atoms with Crippen LogP contribution in [0, 0.1) is 0 Å². The zero-order valence-electron chi connectivity index (χ0n) is 11.2. The Morgan fingerprint density at radius 2 is 2.06 bits per heavy atom. The van der Waals surface area contributed by atoms with Gasteiger partial charge in [0.15, 0.2) is 0 Å². The molecule has 0 saturated carbocycles. The van der Waals surface area contributed by atoms with Crippen LogP contribution in [0.1, 0.15) is 52.4 Å². The second kappa shape index (κ2) is 6.17. The highest BCUT2D eigenvalue weighted by atomic mass is 16.6. The maximum Gasteiger partial charge on any atom is 0.118 e. The van der Waals surface area contributed by atoms with Gasteiger partial charge in [-0.2, -0.15) is 0 Å². The molecule has 3 unspecified atom stereocenters. The number of epoxide rings is 2. The lowest BCUT2D eigenvalue weighted by Crippen LogP contribution is -2.24. The van der Waals surface area contributed by atoms with Crippen LogP contribution < -0.4 is 0 Å². The Morgan fingerprint density at radius 1 is 1.24 bits per heavy atom. The van der Waals surface area contributed by atoms with Gasteiger partial charge in [0.1, 0.15) is 11.7 Å². The van der Waals surface area contributed by atoms with E-state index in [1.54, 1.807) is 0 Å². The molecule has 3 nitrogen and oxygen atoms in total. The summed E-state index contributed by atoms with van der Waals surface area (Å²) >= 11 is 0. The van der Waals surface area contributed by atoms with Gasteiger partial charge in [0.25, 0.3) is 0 Å². The van der Waals surface area contributed by atoms with E-state index in [0.717, 1.165) is 32.7 Å². The number of hydrogen-bond acceptors (Lipinski definition) is 3. The quantitative estimate of drug-likeness (QED) is 0.436. The molecule has 17 heavy (non-hydrogen) atoms. The van der Waals surface area contributed by atoms with Gasteiger partial charge >= 0.3 is 0 Å². The summed E-state index contributed by atoms with van der Waals surface area (Å²) in [4.78, 5) is 0. The highest BCUT2D eigenvalue weighted by Gasteiger charge is 2.54. The summed E-state index contributed by atoms with van der Waals surface area (Å²) in [7, 11) is 0. The van der Waals surface area contributed by atoms with Crippen molar-refractivity contribution in [1.82, 2.24) is 0 Å². The van der Waals surface area contributed by atoms with E-state index in [9.17, 15) is 0 Å². The highest BCUT2D eigenvalue weighted by Crippen LogP contribution is 2.43. The predicted molar refractivity (Wildman–Crippen MR) is 67.2 cm³/mol. The fourth-order valence-electron chi connectivity index (χ4n) is 2.50. The molecule has 3 heteroatoms. The molecule has 2 rings (SSSR count). The molecule has 0 aromatic carbocycles. The lowest BCUT2D eigenvalue weighted by Gasteiger charge is -2.13. The van der Waals surface area contributed by atoms with E-state index >= 15 is 0 Å². The van der Waals surface area contributed by atoms with Crippen molar-refractivity contribution in [2.24, 2.45) is 0 Å². The van der Waals surface area contributed by atoms with Crippen LogP contribution in [0.4, 0.5) is 0 Å². The molecular formula is C14H26O3. The highest BCUT2D eigenvalue weighted by molar-refractivity contribution is 5.02. The molecule has 2 aliphatic heterocycles.